The molecule has 6 atom stereocenters. The van der Waals surface area contributed by atoms with Gasteiger partial charge in [0.25, 0.3) is 0 Å². The number of hydrogen-bond donors (Lipinski definition) is 1. The van der Waals surface area contributed by atoms with Crippen LogP contribution in [0.1, 0.15) is 56.7 Å². The van der Waals surface area contributed by atoms with Crippen molar-refractivity contribution in [2.75, 3.05) is 6.61 Å². The fraction of sp³-hybridized carbons (Fsp3) is 0.364. The molecule has 3 aromatic rings. The maximum Gasteiger partial charge on any atom is 0.303 e. The molecule has 262 valence electrons. The molecule has 1 aromatic heterocycles. The molecule has 2 aliphatic rings. The number of ether oxygens (including phenoxy) is 7. The first-order valence-corrected chi connectivity index (χ1v) is 15.5. The molecule has 0 aliphatic carbocycles. The van der Waals surface area contributed by atoms with Gasteiger partial charge in [-0.3, -0.25) is 19.2 Å². The van der Waals surface area contributed by atoms with Crippen LogP contribution in [0.4, 0.5) is 0 Å². The van der Waals surface area contributed by atoms with E-state index in [2.05, 4.69) is 16.4 Å². The predicted molar refractivity (Wildman–Crippen MR) is 169 cm³/mol. The molecule has 1 saturated heterocycles. The van der Waals surface area contributed by atoms with E-state index in [1.165, 1.54) is 17.8 Å². The van der Waals surface area contributed by atoms with Crippen molar-refractivity contribution in [2.24, 2.45) is 5.73 Å². The molecule has 1 fully saturated rings. The number of benzene rings is 2. The van der Waals surface area contributed by atoms with Gasteiger partial charge in [-0.1, -0.05) is 35.0 Å². The number of nitriles is 1. The van der Waals surface area contributed by atoms with Crippen molar-refractivity contribution in [1.82, 2.24) is 15.0 Å². The summed E-state index contributed by atoms with van der Waals surface area (Å²) in [5.41, 5.74) is 8.19. The largest absolute Gasteiger partial charge is 0.487 e. The van der Waals surface area contributed by atoms with E-state index >= 15 is 0 Å². The lowest BCUT2D eigenvalue weighted by molar-refractivity contribution is -0.270. The maximum absolute atomic E-state index is 12.2. The number of hydrogen-bond acceptors (Lipinski definition) is 15. The number of nitrogens with zero attached hydrogens (tertiary/aromatic N) is 4. The number of carbonyl (C=O) groups is 4. The van der Waals surface area contributed by atoms with Crippen molar-refractivity contribution in [1.29, 1.82) is 5.26 Å². The van der Waals surface area contributed by atoms with E-state index in [1.54, 1.807) is 30.3 Å². The van der Waals surface area contributed by atoms with Crippen LogP contribution in [0, 0.1) is 11.3 Å². The first kappa shape index (κ1) is 35.6. The summed E-state index contributed by atoms with van der Waals surface area (Å²) in [4.78, 5) is 48.0. The Kier molecular flexibility index (Phi) is 10.9. The molecule has 17 heteroatoms. The Hall–Kier alpha value is -5.66. The van der Waals surface area contributed by atoms with E-state index in [1.807, 2.05) is 12.1 Å². The maximum atomic E-state index is 12.2. The first-order valence-electron chi connectivity index (χ1n) is 15.2. The predicted octanol–water partition coefficient (Wildman–Crippen LogP) is 2.98. The van der Waals surface area contributed by atoms with E-state index in [-0.39, 0.29) is 18.1 Å². The topological polar surface area (TPSA) is 213 Å². The highest BCUT2D eigenvalue weighted by Crippen LogP contribution is 2.43. The minimum Gasteiger partial charge on any atom is -0.487 e. The zero-order valence-corrected chi connectivity index (χ0v) is 28.0. The molecule has 0 amide bonds. The van der Waals surface area contributed by atoms with E-state index in [4.69, 9.17) is 50.5 Å². The Morgan fingerprint density at radius 2 is 1.60 bits per heavy atom. The van der Waals surface area contributed by atoms with E-state index in [0.29, 0.717) is 27.8 Å². The van der Waals surface area contributed by atoms with Gasteiger partial charge in [-0.25, -0.2) is 4.68 Å². The smallest absolute Gasteiger partial charge is 0.303 e. The monoisotopic (exact) mass is 709 g/mol. The lowest BCUT2D eigenvalue weighted by atomic mass is 9.83. The standard InChI is InChI=1S/C33H32ClN5O11/c1-16(40)44-15-27-29(46-17(2)41)30(47-18(3)42)31(48-19(4)43)33(50-27)39-13-22(37-38-39)14-45-23-9-10-24-26(11-23)49-32(36)25(12-35)28(24)20-5-7-21(34)8-6-20/h5-11,13,27-31,33H,14-15,36H2,1-4H3/t27-,28?,29-,30+,31-,33-/m1/s1. The van der Waals surface area contributed by atoms with Gasteiger partial charge in [-0.15, -0.1) is 5.10 Å². The SMILES string of the molecule is CC(=O)OC[C@H]1O[C@@H](n2cc(COc3ccc4c(c3)OC(N)=C(C#N)C4c3ccc(Cl)cc3)nn2)[C@H](OC(C)=O)[C@@H](OC(C)=O)[C@@H]1OC(C)=O. The summed E-state index contributed by atoms with van der Waals surface area (Å²) in [6, 6.07) is 14.3. The lowest BCUT2D eigenvalue weighted by Crippen LogP contribution is -2.60. The van der Waals surface area contributed by atoms with Crippen molar-refractivity contribution in [3.8, 4) is 17.6 Å². The Bertz CT molecular complexity index is 1850. The van der Waals surface area contributed by atoms with Crippen LogP contribution in [0.3, 0.4) is 0 Å². The highest BCUT2D eigenvalue weighted by Gasteiger charge is 2.53. The van der Waals surface area contributed by atoms with Crippen molar-refractivity contribution in [3.63, 3.8) is 0 Å². The minimum absolute atomic E-state index is 0.0372. The molecule has 2 N–H and O–H groups in total. The molecule has 50 heavy (non-hydrogen) atoms. The zero-order valence-electron chi connectivity index (χ0n) is 27.2. The molecule has 0 bridgehead atoms. The van der Waals surface area contributed by atoms with Crippen molar-refractivity contribution in [2.45, 2.75) is 70.9 Å². The Morgan fingerprint density at radius 3 is 2.24 bits per heavy atom. The summed E-state index contributed by atoms with van der Waals surface area (Å²) in [7, 11) is 0. The molecule has 1 unspecified atom stereocenters. The van der Waals surface area contributed by atoms with Gasteiger partial charge in [0.1, 0.15) is 48.2 Å². The van der Waals surface area contributed by atoms with Crippen LogP contribution < -0.4 is 15.2 Å². The molecular formula is C33H32ClN5O11. The van der Waals surface area contributed by atoms with E-state index in [9.17, 15) is 24.4 Å². The second-order valence-electron chi connectivity index (χ2n) is 11.2. The molecule has 0 saturated carbocycles. The number of nitrogens with two attached hydrogens (primary N) is 1. The van der Waals surface area contributed by atoms with Crippen LogP contribution in [-0.4, -0.2) is 69.9 Å². The zero-order chi connectivity index (χ0) is 36.1. The number of aromatic nitrogens is 3. The van der Waals surface area contributed by atoms with Gasteiger partial charge in [-0.2, -0.15) is 5.26 Å². The summed E-state index contributed by atoms with van der Waals surface area (Å²) in [6.07, 6.45) is -5.05. The average molecular weight is 710 g/mol. The first-order chi connectivity index (χ1) is 23.8. The second-order valence-corrected chi connectivity index (χ2v) is 11.7. The molecule has 0 radical (unpaired) electrons. The summed E-state index contributed by atoms with van der Waals surface area (Å²) in [6.45, 7) is 4.08. The Balaban J connectivity index is 1.39. The van der Waals surface area contributed by atoms with Gasteiger partial charge < -0.3 is 38.9 Å². The van der Waals surface area contributed by atoms with Crippen LogP contribution in [0.2, 0.25) is 5.02 Å². The molecule has 16 nitrogen and oxygen atoms in total. The van der Waals surface area contributed by atoms with Gasteiger partial charge in [0.2, 0.25) is 5.88 Å². The summed E-state index contributed by atoms with van der Waals surface area (Å²) in [5, 5.41) is 18.6. The van der Waals surface area contributed by atoms with E-state index < -0.39 is 67.0 Å². The third-order valence-corrected chi connectivity index (χ3v) is 7.82. The average Bonchev–Trinajstić information content (AvgIpc) is 3.52. The highest BCUT2D eigenvalue weighted by molar-refractivity contribution is 6.30. The van der Waals surface area contributed by atoms with Gasteiger partial charge in [0.05, 0.1) is 12.1 Å². The number of rotatable bonds is 10. The molecule has 2 aromatic carbocycles. The third kappa shape index (κ3) is 8.13. The van der Waals surface area contributed by atoms with Gasteiger partial charge in [0, 0.05) is 44.3 Å². The van der Waals surface area contributed by atoms with Crippen molar-refractivity contribution in [3.05, 3.63) is 82.0 Å². The van der Waals surface area contributed by atoms with Gasteiger partial charge in [-0.05, 0) is 23.8 Å². The Labute approximate surface area is 290 Å². The summed E-state index contributed by atoms with van der Waals surface area (Å²) in [5.74, 6) is -2.67. The number of fused-ring (bicyclic) bond motifs is 1. The summed E-state index contributed by atoms with van der Waals surface area (Å²) >= 11 is 6.07. The van der Waals surface area contributed by atoms with E-state index in [0.717, 1.165) is 26.3 Å². The molecule has 3 heterocycles. The fourth-order valence-corrected chi connectivity index (χ4v) is 5.73. The normalized spacial score (nSPS) is 22.6. The second kappa shape index (κ2) is 15.3. The van der Waals surface area contributed by atoms with Gasteiger partial charge >= 0.3 is 23.9 Å². The molecular weight excluding hydrogens is 678 g/mol. The van der Waals surface area contributed by atoms with Crippen LogP contribution in [0.5, 0.6) is 11.5 Å². The fourth-order valence-electron chi connectivity index (χ4n) is 5.60. The quantitative estimate of drug-likeness (QED) is 0.237. The molecule has 5 rings (SSSR count). The molecule has 0 spiro atoms. The highest BCUT2D eigenvalue weighted by atomic mass is 35.5. The van der Waals surface area contributed by atoms with Crippen LogP contribution in [0.15, 0.2) is 60.1 Å². The molecule has 2 aliphatic heterocycles. The summed E-state index contributed by atoms with van der Waals surface area (Å²) < 4.78 is 40.6. The number of halogens is 1. The van der Waals surface area contributed by atoms with Crippen LogP contribution in [-0.2, 0) is 49.5 Å². The number of esters is 4. The van der Waals surface area contributed by atoms with Crippen LogP contribution in [0.25, 0.3) is 0 Å². The minimum atomic E-state index is -1.38. The van der Waals surface area contributed by atoms with Crippen LogP contribution >= 0.6 is 11.6 Å². The lowest BCUT2D eigenvalue weighted by Gasteiger charge is -2.44. The number of allylic oxidation sites excluding steroid dienone is 1. The third-order valence-electron chi connectivity index (χ3n) is 7.57. The Morgan fingerprint density at radius 1 is 0.940 bits per heavy atom. The van der Waals surface area contributed by atoms with Crippen molar-refractivity contribution < 1.29 is 52.3 Å². The number of carbonyl (C=O) groups excluding carboxylic acids is 4. The van der Waals surface area contributed by atoms with Crippen molar-refractivity contribution >= 4 is 35.5 Å². The van der Waals surface area contributed by atoms with Gasteiger partial charge in [0.15, 0.2) is 24.5 Å².